The molecule has 3 rings (SSSR count). The lowest BCUT2D eigenvalue weighted by Gasteiger charge is -2.27. The van der Waals surface area contributed by atoms with Gasteiger partial charge in [-0.3, -0.25) is 24.1 Å². The van der Waals surface area contributed by atoms with Crippen LogP contribution >= 0.6 is 11.6 Å². The van der Waals surface area contributed by atoms with Gasteiger partial charge in [-0.1, -0.05) is 29.8 Å². The Balaban J connectivity index is 1.55. The highest BCUT2D eigenvalue weighted by Gasteiger charge is 2.29. The van der Waals surface area contributed by atoms with Crippen molar-refractivity contribution < 1.29 is 14.4 Å². The summed E-state index contributed by atoms with van der Waals surface area (Å²) in [5.74, 6) is -0.740. The van der Waals surface area contributed by atoms with Crippen molar-refractivity contribution in [1.29, 1.82) is 0 Å². The van der Waals surface area contributed by atoms with Crippen molar-refractivity contribution in [1.82, 2.24) is 25.1 Å². The number of hydrogen-bond acceptors (Lipinski definition) is 4. The monoisotopic (exact) mass is 429 g/mol. The van der Waals surface area contributed by atoms with E-state index in [0.717, 1.165) is 5.69 Å². The fourth-order valence-electron chi connectivity index (χ4n) is 3.28. The zero-order chi connectivity index (χ0) is 21.7. The molecule has 1 aliphatic heterocycles. The highest BCUT2D eigenvalue weighted by molar-refractivity contribution is 6.31. The second-order valence-electron chi connectivity index (χ2n) is 6.95. The van der Waals surface area contributed by atoms with E-state index in [0.29, 0.717) is 35.8 Å². The van der Waals surface area contributed by atoms with Crippen LogP contribution in [-0.4, -0.2) is 57.2 Å². The average Bonchev–Trinajstić information content (AvgIpc) is 3.32. The number of hydrogen-bond donors (Lipinski definition) is 1. The average molecular weight is 430 g/mol. The minimum Gasteiger partial charge on any atom is -0.352 e. The van der Waals surface area contributed by atoms with Crippen LogP contribution in [0.25, 0.3) is 6.08 Å². The van der Waals surface area contributed by atoms with Gasteiger partial charge in [0, 0.05) is 50.3 Å². The molecule has 0 aliphatic carbocycles. The van der Waals surface area contributed by atoms with Crippen molar-refractivity contribution in [3.63, 3.8) is 0 Å². The maximum Gasteiger partial charge on any atom is 0.265 e. The standard InChI is InChI=1S/C21H24ClN5O3/c1-15-17(20(22)25(2)24-15)9-10-18(28)26-13-6-14-27(26)19(29)11-12-23-21(30)16-7-4-3-5-8-16/h3-5,7-10H,6,11-14H2,1-2H3,(H,23,30)/b10-9+. The molecule has 1 aliphatic rings. The van der Waals surface area contributed by atoms with Gasteiger partial charge in [-0.05, 0) is 31.6 Å². The Kier molecular flexibility index (Phi) is 6.89. The summed E-state index contributed by atoms with van der Waals surface area (Å²) in [6.45, 7) is 2.94. The summed E-state index contributed by atoms with van der Waals surface area (Å²) in [5.41, 5.74) is 1.93. The molecule has 2 heterocycles. The smallest absolute Gasteiger partial charge is 0.265 e. The number of aryl methyl sites for hydroxylation is 2. The molecule has 0 atom stereocenters. The number of halogens is 1. The first-order valence-corrected chi connectivity index (χ1v) is 10.1. The molecule has 1 aromatic heterocycles. The maximum absolute atomic E-state index is 12.6. The third-order valence-electron chi connectivity index (χ3n) is 4.82. The Morgan fingerprint density at radius 2 is 1.87 bits per heavy atom. The number of nitrogens with zero attached hydrogens (tertiary/aromatic N) is 4. The van der Waals surface area contributed by atoms with Gasteiger partial charge in [0.05, 0.1) is 5.69 Å². The van der Waals surface area contributed by atoms with Gasteiger partial charge in [0.1, 0.15) is 5.15 Å². The van der Waals surface area contributed by atoms with Crippen molar-refractivity contribution in [2.45, 2.75) is 19.8 Å². The van der Waals surface area contributed by atoms with E-state index in [1.165, 1.54) is 20.8 Å². The Labute approximate surface area is 180 Å². The summed E-state index contributed by atoms with van der Waals surface area (Å²) in [6.07, 6.45) is 3.83. The third-order valence-corrected chi connectivity index (χ3v) is 5.27. The molecular formula is C21H24ClN5O3. The van der Waals surface area contributed by atoms with Crippen molar-refractivity contribution in [3.8, 4) is 0 Å². The lowest BCUT2D eigenvalue weighted by molar-refractivity contribution is -0.154. The number of hydrazine groups is 1. The van der Waals surface area contributed by atoms with E-state index in [2.05, 4.69) is 10.4 Å². The van der Waals surface area contributed by atoms with Gasteiger partial charge in [-0.2, -0.15) is 5.10 Å². The zero-order valence-electron chi connectivity index (χ0n) is 17.0. The molecule has 1 aromatic carbocycles. The molecule has 8 nitrogen and oxygen atoms in total. The number of carbonyl (C=O) groups is 3. The number of amides is 3. The normalized spacial score (nSPS) is 13.8. The molecule has 9 heteroatoms. The van der Waals surface area contributed by atoms with E-state index in [-0.39, 0.29) is 30.7 Å². The topological polar surface area (TPSA) is 87.5 Å². The van der Waals surface area contributed by atoms with E-state index in [1.807, 2.05) is 13.0 Å². The van der Waals surface area contributed by atoms with Gasteiger partial charge < -0.3 is 5.32 Å². The predicted molar refractivity (Wildman–Crippen MR) is 113 cm³/mol. The molecule has 2 aromatic rings. The van der Waals surface area contributed by atoms with E-state index in [1.54, 1.807) is 37.4 Å². The number of carbonyl (C=O) groups excluding carboxylic acids is 3. The zero-order valence-corrected chi connectivity index (χ0v) is 17.7. The molecular weight excluding hydrogens is 406 g/mol. The fourth-order valence-corrected chi connectivity index (χ4v) is 3.52. The Morgan fingerprint density at radius 3 is 2.53 bits per heavy atom. The summed E-state index contributed by atoms with van der Waals surface area (Å²) in [6, 6.07) is 8.81. The quantitative estimate of drug-likeness (QED) is 0.713. The molecule has 0 spiro atoms. The van der Waals surface area contributed by atoms with Gasteiger partial charge in [-0.15, -0.1) is 0 Å². The molecule has 3 amide bonds. The summed E-state index contributed by atoms with van der Waals surface area (Å²) in [4.78, 5) is 37.3. The predicted octanol–water partition coefficient (Wildman–Crippen LogP) is 2.19. The molecule has 0 bridgehead atoms. The highest BCUT2D eigenvalue weighted by Crippen LogP contribution is 2.21. The van der Waals surface area contributed by atoms with E-state index in [9.17, 15) is 14.4 Å². The van der Waals surface area contributed by atoms with Crippen molar-refractivity contribution >= 4 is 35.4 Å². The van der Waals surface area contributed by atoms with Crippen LogP contribution in [0.3, 0.4) is 0 Å². The van der Waals surface area contributed by atoms with Gasteiger partial charge in [0.25, 0.3) is 11.8 Å². The van der Waals surface area contributed by atoms with Crippen LogP contribution in [0.2, 0.25) is 5.15 Å². The summed E-state index contributed by atoms with van der Waals surface area (Å²) in [7, 11) is 1.73. The first-order chi connectivity index (χ1) is 14.4. The number of benzene rings is 1. The first kappa shape index (κ1) is 21.6. The van der Waals surface area contributed by atoms with Crippen molar-refractivity contribution in [2.75, 3.05) is 19.6 Å². The second kappa shape index (κ2) is 9.58. The van der Waals surface area contributed by atoms with E-state index >= 15 is 0 Å². The second-order valence-corrected chi connectivity index (χ2v) is 7.31. The Morgan fingerprint density at radius 1 is 1.17 bits per heavy atom. The van der Waals surface area contributed by atoms with Gasteiger partial charge in [0.15, 0.2) is 0 Å². The summed E-state index contributed by atoms with van der Waals surface area (Å²) in [5, 5.41) is 10.3. The molecule has 1 saturated heterocycles. The maximum atomic E-state index is 12.6. The lowest BCUT2D eigenvalue weighted by Crippen LogP contribution is -2.45. The van der Waals surface area contributed by atoms with Crippen LogP contribution in [0.4, 0.5) is 0 Å². The van der Waals surface area contributed by atoms with Crippen LogP contribution in [-0.2, 0) is 16.6 Å². The molecule has 1 fully saturated rings. The number of aromatic nitrogens is 2. The minimum atomic E-state index is -0.298. The van der Waals surface area contributed by atoms with Crippen LogP contribution in [0.15, 0.2) is 36.4 Å². The van der Waals surface area contributed by atoms with Crippen LogP contribution in [0.5, 0.6) is 0 Å². The fraction of sp³-hybridized carbons (Fsp3) is 0.333. The van der Waals surface area contributed by atoms with Crippen LogP contribution in [0.1, 0.15) is 34.5 Å². The SMILES string of the molecule is Cc1nn(C)c(Cl)c1/C=C/C(=O)N1CCCN1C(=O)CCNC(=O)c1ccccc1. The molecule has 0 radical (unpaired) electrons. The Bertz CT molecular complexity index is 971. The van der Waals surface area contributed by atoms with Gasteiger partial charge in [-0.25, -0.2) is 5.01 Å². The molecule has 1 N–H and O–H groups in total. The van der Waals surface area contributed by atoms with Crippen molar-refractivity contribution in [2.24, 2.45) is 7.05 Å². The highest BCUT2D eigenvalue weighted by atomic mass is 35.5. The first-order valence-electron chi connectivity index (χ1n) is 9.70. The molecule has 0 saturated carbocycles. The molecule has 0 unspecified atom stereocenters. The molecule has 158 valence electrons. The largest absolute Gasteiger partial charge is 0.352 e. The van der Waals surface area contributed by atoms with E-state index in [4.69, 9.17) is 11.6 Å². The number of rotatable bonds is 6. The number of nitrogens with one attached hydrogen (secondary N) is 1. The Hall–Kier alpha value is -3.13. The summed E-state index contributed by atoms with van der Waals surface area (Å²) >= 11 is 6.19. The van der Waals surface area contributed by atoms with Crippen LogP contribution in [0, 0.1) is 6.92 Å². The third kappa shape index (κ3) is 4.88. The van der Waals surface area contributed by atoms with E-state index < -0.39 is 0 Å². The lowest BCUT2D eigenvalue weighted by atomic mass is 10.2. The summed E-state index contributed by atoms with van der Waals surface area (Å²) < 4.78 is 1.54. The minimum absolute atomic E-state index is 0.111. The van der Waals surface area contributed by atoms with Crippen LogP contribution < -0.4 is 5.32 Å². The molecule has 30 heavy (non-hydrogen) atoms. The van der Waals surface area contributed by atoms with Crippen molar-refractivity contribution in [3.05, 3.63) is 58.4 Å². The van der Waals surface area contributed by atoms with Gasteiger partial charge in [0.2, 0.25) is 5.91 Å². The van der Waals surface area contributed by atoms with Gasteiger partial charge >= 0.3 is 0 Å².